The molecule has 0 spiro atoms. The number of ether oxygens (including phenoxy) is 3. The molecule has 1 aliphatic heterocycles. The lowest BCUT2D eigenvalue weighted by Crippen LogP contribution is -2.28. The quantitative estimate of drug-likeness (QED) is 0.650. The summed E-state index contributed by atoms with van der Waals surface area (Å²) in [4.78, 5) is 23.9. The number of urea groups is 1. The molecule has 0 saturated heterocycles. The molecule has 0 radical (unpaired) electrons. The van der Waals surface area contributed by atoms with E-state index in [1.165, 1.54) is 6.08 Å². The van der Waals surface area contributed by atoms with Gasteiger partial charge in [0.15, 0.2) is 11.5 Å². The molecule has 2 aromatic carbocycles. The summed E-state index contributed by atoms with van der Waals surface area (Å²) < 4.78 is 16.5. The molecule has 3 rings (SSSR count). The molecule has 1 aliphatic rings. The predicted octanol–water partition coefficient (Wildman–Crippen LogP) is 3.26. The first-order valence-electron chi connectivity index (χ1n) is 9.20. The zero-order valence-electron chi connectivity index (χ0n) is 16.3. The summed E-state index contributed by atoms with van der Waals surface area (Å²) in [6.07, 6.45) is 3.07. The van der Waals surface area contributed by atoms with Crippen molar-refractivity contribution in [3.05, 3.63) is 48.0 Å². The lowest BCUT2D eigenvalue weighted by atomic mass is 10.1. The summed E-state index contributed by atoms with van der Waals surface area (Å²) in [6, 6.07) is 10.2. The van der Waals surface area contributed by atoms with E-state index in [-0.39, 0.29) is 11.9 Å². The Labute approximate surface area is 168 Å². The maximum Gasteiger partial charge on any atom is 0.319 e. The number of hydrogen-bond donors (Lipinski definition) is 3. The first-order chi connectivity index (χ1) is 14.1. The summed E-state index contributed by atoms with van der Waals surface area (Å²) >= 11 is 0. The predicted molar refractivity (Wildman–Crippen MR) is 111 cm³/mol. The van der Waals surface area contributed by atoms with Crippen LogP contribution in [-0.4, -0.2) is 38.8 Å². The van der Waals surface area contributed by atoms with Gasteiger partial charge in [-0.25, -0.2) is 4.79 Å². The minimum Gasteiger partial charge on any atom is -0.493 e. The highest BCUT2D eigenvalue weighted by molar-refractivity contribution is 6.02. The first kappa shape index (κ1) is 20.1. The van der Waals surface area contributed by atoms with E-state index < -0.39 is 0 Å². The van der Waals surface area contributed by atoms with E-state index in [0.29, 0.717) is 48.4 Å². The highest BCUT2D eigenvalue weighted by atomic mass is 16.6. The van der Waals surface area contributed by atoms with E-state index in [4.69, 9.17) is 14.2 Å². The second kappa shape index (κ2) is 9.50. The largest absolute Gasteiger partial charge is 0.493 e. The number of benzene rings is 2. The Bertz CT molecular complexity index is 909. The van der Waals surface area contributed by atoms with Gasteiger partial charge in [-0.2, -0.15) is 0 Å². The number of methoxy groups -OCH3 is 1. The van der Waals surface area contributed by atoms with E-state index in [2.05, 4.69) is 16.0 Å². The van der Waals surface area contributed by atoms with Crippen molar-refractivity contribution in [2.45, 2.75) is 6.92 Å². The maximum atomic E-state index is 12.3. The number of hydrogen-bond acceptors (Lipinski definition) is 5. The maximum absolute atomic E-state index is 12.3. The molecular formula is C21H23N3O5. The molecule has 0 bridgehead atoms. The highest BCUT2D eigenvalue weighted by Gasteiger charge is 2.17. The van der Waals surface area contributed by atoms with E-state index in [9.17, 15) is 9.59 Å². The zero-order valence-corrected chi connectivity index (χ0v) is 16.3. The number of anilines is 2. The van der Waals surface area contributed by atoms with Crippen LogP contribution >= 0.6 is 0 Å². The molecule has 0 aliphatic carbocycles. The second-order valence-corrected chi connectivity index (χ2v) is 6.14. The SMILES string of the molecule is CCNC(=O)Nc1cccc(NC(=O)/C=C/c2cc(OC)c3c(c2)OCCO3)c1. The molecule has 2 aromatic rings. The van der Waals surface area contributed by atoms with Gasteiger partial charge in [0.25, 0.3) is 0 Å². The zero-order chi connectivity index (χ0) is 20.6. The van der Waals surface area contributed by atoms with Crippen LogP contribution in [0.1, 0.15) is 12.5 Å². The van der Waals surface area contributed by atoms with Crippen molar-refractivity contribution in [2.75, 3.05) is 37.5 Å². The molecule has 0 aromatic heterocycles. The Hall–Kier alpha value is -3.68. The van der Waals surface area contributed by atoms with Crippen LogP contribution in [0.15, 0.2) is 42.5 Å². The smallest absolute Gasteiger partial charge is 0.319 e. The molecule has 0 unspecified atom stereocenters. The van der Waals surface area contributed by atoms with E-state index in [1.54, 1.807) is 49.6 Å². The van der Waals surface area contributed by atoms with E-state index in [0.717, 1.165) is 5.56 Å². The van der Waals surface area contributed by atoms with Crippen LogP contribution in [0.2, 0.25) is 0 Å². The van der Waals surface area contributed by atoms with Crippen molar-refractivity contribution in [1.82, 2.24) is 5.32 Å². The van der Waals surface area contributed by atoms with E-state index >= 15 is 0 Å². The van der Waals surface area contributed by atoms with Crippen LogP contribution in [0.4, 0.5) is 16.2 Å². The normalized spacial score (nSPS) is 12.3. The van der Waals surface area contributed by atoms with Gasteiger partial charge >= 0.3 is 6.03 Å². The molecule has 0 fully saturated rings. The summed E-state index contributed by atoms with van der Waals surface area (Å²) in [5.41, 5.74) is 1.89. The van der Waals surface area contributed by atoms with Crippen molar-refractivity contribution in [2.24, 2.45) is 0 Å². The fourth-order valence-electron chi connectivity index (χ4n) is 2.76. The average molecular weight is 397 g/mol. The van der Waals surface area contributed by atoms with Gasteiger partial charge in [0.1, 0.15) is 13.2 Å². The fraction of sp³-hybridized carbons (Fsp3) is 0.238. The summed E-state index contributed by atoms with van der Waals surface area (Å²) in [5.74, 6) is 1.39. The third-order valence-corrected chi connectivity index (χ3v) is 4.00. The van der Waals surface area contributed by atoms with Crippen LogP contribution in [0.25, 0.3) is 6.08 Å². The van der Waals surface area contributed by atoms with E-state index in [1.807, 2.05) is 6.92 Å². The Kier molecular flexibility index (Phi) is 6.57. The van der Waals surface area contributed by atoms with Crippen molar-refractivity contribution in [3.63, 3.8) is 0 Å². The van der Waals surface area contributed by atoms with Gasteiger partial charge in [0.2, 0.25) is 11.7 Å². The minimum absolute atomic E-state index is 0.302. The molecule has 3 N–H and O–H groups in total. The van der Waals surface area contributed by atoms with Gasteiger partial charge in [-0.1, -0.05) is 6.07 Å². The van der Waals surface area contributed by atoms with Gasteiger partial charge in [0, 0.05) is 24.0 Å². The summed E-state index contributed by atoms with van der Waals surface area (Å²) in [5, 5.41) is 8.11. The Morgan fingerprint density at radius 2 is 1.86 bits per heavy atom. The minimum atomic E-state index is -0.311. The topological polar surface area (TPSA) is 97.9 Å². The third-order valence-electron chi connectivity index (χ3n) is 4.00. The average Bonchev–Trinajstić information content (AvgIpc) is 2.72. The molecule has 29 heavy (non-hydrogen) atoms. The molecule has 3 amide bonds. The Morgan fingerprint density at radius 1 is 1.10 bits per heavy atom. The lowest BCUT2D eigenvalue weighted by Gasteiger charge is -2.20. The van der Waals surface area contributed by atoms with Crippen LogP contribution in [0.5, 0.6) is 17.2 Å². The molecule has 0 atom stereocenters. The molecule has 8 heteroatoms. The Balaban J connectivity index is 1.66. The Morgan fingerprint density at radius 3 is 2.62 bits per heavy atom. The molecule has 1 heterocycles. The monoisotopic (exact) mass is 397 g/mol. The van der Waals surface area contributed by atoms with Crippen LogP contribution in [-0.2, 0) is 4.79 Å². The number of carbonyl (C=O) groups is 2. The van der Waals surface area contributed by atoms with Gasteiger partial charge in [0.05, 0.1) is 7.11 Å². The first-order valence-corrected chi connectivity index (χ1v) is 9.20. The van der Waals surface area contributed by atoms with Crippen LogP contribution in [0, 0.1) is 0 Å². The molecular weight excluding hydrogens is 374 g/mol. The number of nitrogens with one attached hydrogen (secondary N) is 3. The number of amides is 3. The number of fused-ring (bicyclic) bond motifs is 1. The van der Waals surface area contributed by atoms with Gasteiger partial charge in [-0.15, -0.1) is 0 Å². The standard InChI is InChI=1S/C21H23N3O5/c1-3-22-21(26)24-16-6-4-5-15(13-16)23-19(25)8-7-14-11-17(27-2)20-18(12-14)28-9-10-29-20/h4-8,11-13H,3,9-10H2,1-2H3,(H,23,25)(H2,22,24,26)/b8-7+. The number of rotatable bonds is 6. The third kappa shape index (κ3) is 5.41. The lowest BCUT2D eigenvalue weighted by molar-refractivity contribution is -0.111. The van der Waals surface area contributed by atoms with Gasteiger partial charge < -0.3 is 30.2 Å². The second-order valence-electron chi connectivity index (χ2n) is 6.14. The fourth-order valence-corrected chi connectivity index (χ4v) is 2.76. The van der Waals surface area contributed by atoms with Gasteiger partial charge in [-0.3, -0.25) is 4.79 Å². The number of carbonyl (C=O) groups excluding carboxylic acids is 2. The van der Waals surface area contributed by atoms with Crippen LogP contribution < -0.4 is 30.2 Å². The summed E-state index contributed by atoms with van der Waals surface area (Å²) in [6.45, 7) is 3.29. The van der Waals surface area contributed by atoms with Crippen LogP contribution in [0.3, 0.4) is 0 Å². The molecule has 0 saturated carbocycles. The van der Waals surface area contributed by atoms with Crippen molar-refractivity contribution < 1.29 is 23.8 Å². The highest BCUT2D eigenvalue weighted by Crippen LogP contribution is 2.40. The van der Waals surface area contributed by atoms with Crippen molar-refractivity contribution in [3.8, 4) is 17.2 Å². The molecule has 152 valence electrons. The van der Waals surface area contributed by atoms with Gasteiger partial charge in [-0.05, 0) is 48.9 Å². The van der Waals surface area contributed by atoms with Crippen molar-refractivity contribution in [1.29, 1.82) is 0 Å². The molecule has 8 nitrogen and oxygen atoms in total. The van der Waals surface area contributed by atoms with Crippen molar-refractivity contribution >= 4 is 29.4 Å². The summed E-state index contributed by atoms with van der Waals surface area (Å²) in [7, 11) is 1.55.